The van der Waals surface area contributed by atoms with Gasteiger partial charge in [-0.2, -0.15) is 0 Å². The summed E-state index contributed by atoms with van der Waals surface area (Å²) < 4.78 is 0. The van der Waals surface area contributed by atoms with Crippen molar-refractivity contribution in [3.8, 4) is 0 Å². The minimum atomic E-state index is -0.353. The summed E-state index contributed by atoms with van der Waals surface area (Å²) in [6.45, 7) is 8.64. The lowest BCUT2D eigenvalue weighted by molar-refractivity contribution is 0.105. The maximum atomic E-state index is 10.5. The first kappa shape index (κ1) is 16.5. The summed E-state index contributed by atoms with van der Waals surface area (Å²) in [5, 5.41) is 10.5. The molecule has 0 aliphatic heterocycles. The Kier molecular flexibility index (Phi) is 6.25. The van der Waals surface area contributed by atoms with E-state index in [0.717, 1.165) is 37.0 Å². The van der Waals surface area contributed by atoms with Gasteiger partial charge in [-0.15, -0.1) is 0 Å². The zero-order valence-corrected chi connectivity index (χ0v) is 13.9. The first-order valence-electron chi connectivity index (χ1n) is 8.61. The number of hydrogen-bond acceptors (Lipinski definition) is 2. The molecule has 118 valence electrons. The molecule has 1 N–H and O–H groups in total. The van der Waals surface area contributed by atoms with Crippen molar-refractivity contribution in [3.05, 3.63) is 35.4 Å². The Morgan fingerprint density at radius 1 is 1.19 bits per heavy atom. The Labute approximate surface area is 130 Å². The van der Waals surface area contributed by atoms with E-state index in [1.54, 1.807) is 0 Å². The Bertz CT molecular complexity index is 408. The van der Waals surface area contributed by atoms with E-state index in [2.05, 4.69) is 49.9 Å². The van der Waals surface area contributed by atoms with Gasteiger partial charge in [0.2, 0.25) is 0 Å². The molecule has 1 aromatic rings. The van der Waals surface area contributed by atoms with Gasteiger partial charge in [0.1, 0.15) is 0 Å². The highest BCUT2D eigenvalue weighted by atomic mass is 16.3. The van der Waals surface area contributed by atoms with Crippen LogP contribution in [0.15, 0.2) is 24.3 Å². The molecule has 1 saturated carbocycles. The monoisotopic (exact) mass is 289 g/mol. The van der Waals surface area contributed by atoms with E-state index in [4.69, 9.17) is 0 Å². The average molecular weight is 289 g/mol. The fourth-order valence-corrected chi connectivity index (χ4v) is 2.81. The summed E-state index contributed by atoms with van der Waals surface area (Å²) in [6, 6.07) is 9.25. The normalized spacial score (nSPS) is 16.7. The van der Waals surface area contributed by atoms with Gasteiger partial charge in [-0.05, 0) is 49.3 Å². The van der Waals surface area contributed by atoms with Crippen LogP contribution < -0.4 is 0 Å². The molecular formula is C19H31NO. The molecule has 0 bridgehead atoms. The topological polar surface area (TPSA) is 23.5 Å². The van der Waals surface area contributed by atoms with Crippen LogP contribution in [0.3, 0.4) is 0 Å². The summed E-state index contributed by atoms with van der Waals surface area (Å²) in [5.74, 6) is 0.733. The van der Waals surface area contributed by atoms with Gasteiger partial charge in [0, 0.05) is 12.6 Å². The summed E-state index contributed by atoms with van der Waals surface area (Å²) in [6.07, 6.45) is 5.78. The quantitative estimate of drug-likeness (QED) is 0.737. The van der Waals surface area contributed by atoms with Crippen molar-refractivity contribution >= 4 is 0 Å². The predicted octanol–water partition coefficient (Wildman–Crippen LogP) is 4.18. The minimum absolute atomic E-state index is 0.353. The van der Waals surface area contributed by atoms with Crippen molar-refractivity contribution in [3.63, 3.8) is 0 Å². The summed E-state index contributed by atoms with van der Waals surface area (Å²) in [4.78, 5) is 2.49. The van der Waals surface area contributed by atoms with Crippen molar-refractivity contribution in [1.29, 1.82) is 0 Å². The second-order valence-electron chi connectivity index (χ2n) is 6.92. The zero-order valence-electron chi connectivity index (χ0n) is 13.9. The van der Waals surface area contributed by atoms with Gasteiger partial charge in [0.15, 0.2) is 0 Å². The van der Waals surface area contributed by atoms with Gasteiger partial charge in [0.05, 0.1) is 6.10 Å². The molecule has 0 aromatic heterocycles. The van der Waals surface area contributed by atoms with E-state index in [-0.39, 0.29) is 6.10 Å². The van der Waals surface area contributed by atoms with Gasteiger partial charge < -0.3 is 5.11 Å². The Morgan fingerprint density at radius 2 is 1.86 bits per heavy atom. The second kappa shape index (κ2) is 7.95. The number of hydrogen-bond donors (Lipinski definition) is 1. The Morgan fingerprint density at radius 3 is 2.38 bits per heavy atom. The number of benzene rings is 1. The molecule has 0 heterocycles. The van der Waals surface area contributed by atoms with E-state index in [1.165, 1.54) is 31.2 Å². The molecule has 0 saturated heterocycles. The highest BCUT2D eigenvalue weighted by Crippen LogP contribution is 2.29. The molecule has 1 aliphatic rings. The van der Waals surface area contributed by atoms with Gasteiger partial charge >= 0.3 is 0 Å². The minimum Gasteiger partial charge on any atom is -0.387 e. The lowest BCUT2D eigenvalue weighted by atomic mass is 10.0. The third kappa shape index (κ3) is 5.44. The molecule has 0 amide bonds. The molecule has 1 fully saturated rings. The number of rotatable bonds is 9. The van der Waals surface area contributed by atoms with Crippen molar-refractivity contribution in [2.75, 3.05) is 13.1 Å². The van der Waals surface area contributed by atoms with Gasteiger partial charge in [0.25, 0.3) is 0 Å². The highest BCUT2D eigenvalue weighted by molar-refractivity contribution is 5.24. The molecule has 1 unspecified atom stereocenters. The van der Waals surface area contributed by atoms with E-state index >= 15 is 0 Å². The number of aliphatic hydroxyl groups excluding tert-OH is 1. The van der Waals surface area contributed by atoms with Crippen LogP contribution in [-0.2, 0) is 6.42 Å². The van der Waals surface area contributed by atoms with Crippen LogP contribution >= 0.6 is 0 Å². The summed E-state index contributed by atoms with van der Waals surface area (Å²) >= 11 is 0. The number of aliphatic hydroxyl groups is 1. The molecule has 2 nitrogen and oxygen atoms in total. The maximum Gasteiger partial charge on any atom is 0.0917 e. The molecule has 0 radical (unpaired) electrons. The molecule has 1 aromatic carbocycles. The molecule has 1 atom stereocenters. The van der Waals surface area contributed by atoms with Gasteiger partial charge in [-0.3, -0.25) is 4.90 Å². The van der Waals surface area contributed by atoms with Crippen LogP contribution in [0.1, 0.15) is 63.7 Å². The molecular weight excluding hydrogens is 258 g/mol. The van der Waals surface area contributed by atoms with E-state index in [9.17, 15) is 5.11 Å². The summed E-state index contributed by atoms with van der Waals surface area (Å²) in [5.41, 5.74) is 2.43. The SMILES string of the molecule is CCCc1ccc(C(O)CN(CCC(C)C)C2CC2)cc1. The van der Waals surface area contributed by atoms with Crippen LogP contribution in [-0.4, -0.2) is 29.1 Å². The third-order valence-corrected chi connectivity index (χ3v) is 4.37. The van der Waals surface area contributed by atoms with Gasteiger partial charge in [-0.25, -0.2) is 0 Å². The van der Waals surface area contributed by atoms with Crippen LogP contribution in [0, 0.1) is 5.92 Å². The molecule has 2 heteroatoms. The first-order valence-corrected chi connectivity index (χ1v) is 8.61. The second-order valence-corrected chi connectivity index (χ2v) is 6.92. The Hall–Kier alpha value is -0.860. The Balaban J connectivity index is 1.89. The average Bonchev–Trinajstić information content (AvgIpc) is 3.28. The van der Waals surface area contributed by atoms with Crippen molar-refractivity contribution < 1.29 is 5.11 Å². The standard InChI is InChI=1S/C19H31NO/c1-4-5-16-6-8-17(9-7-16)19(21)14-20(18-10-11-18)13-12-15(2)3/h6-9,15,18-19,21H,4-5,10-14H2,1-3H3. The molecule has 2 rings (SSSR count). The molecule has 0 spiro atoms. The lowest BCUT2D eigenvalue weighted by Crippen LogP contribution is -2.32. The molecule has 21 heavy (non-hydrogen) atoms. The smallest absolute Gasteiger partial charge is 0.0917 e. The number of nitrogens with zero attached hydrogens (tertiary/aromatic N) is 1. The maximum absolute atomic E-state index is 10.5. The van der Waals surface area contributed by atoms with Gasteiger partial charge in [-0.1, -0.05) is 51.5 Å². The summed E-state index contributed by atoms with van der Waals surface area (Å²) in [7, 11) is 0. The van der Waals surface area contributed by atoms with E-state index < -0.39 is 0 Å². The van der Waals surface area contributed by atoms with Crippen molar-refractivity contribution in [2.24, 2.45) is 5.92 Å². The van der Waals surface area contributed by atoms with Crippen LogP contribution in [0.2, 0.25) is 0 Å². The fourth-order valence-electron chi connectivity index (χ4n) is 2.81. The highest BCUT2D eigenvalue weighted by Gasteiger charge is 2.30. The molecule has 1 aliphatic carbocycles. The lowest BCUT2D eigenvalue weighted by Gasteiger charge is -2.26. The largest absolute Gasteiger partial charge is 0.387 e. The van der Waals surface area contributed by atoms with Crippen LogP contribution in [0.5, 0.6) is 0 Å². The zero-order chi connectivity index (χ0) is 15.2. The van der Waals surface area contributed by atoms with Crippen molar-refractivity contribution in [1.82, 2.24) is 4.90 Å². The van der Waals surface area contributed by atoms with Crippen LogP contribution in [0.25, 0.3) is 0 Å². The predicted molar refractivity (Wildman–Crippen MR) is 89.4 cm³/mol. The van der Waals surface area contributed by atoms with Crippen molar-refractivity contribution in [2.45, 2.75) is 65.0 Å². The van der Waals surface area contributed by atoms with E-state index in [1.807, 2.05) is 0 Å². The third-order valence-electron chi connectivity index (χ3n) is 4.37. The van der Waals surface area contributed by atoms with E-state index in [0.29, 0.717) is 0 Å². The fraction of sp³-hybridized carbons (Fsp3) is 0.684. The first-order chi connectivity index (χ1) is 10.1. The number of aryl methyl sites for hydroxylation is 1. The van der Waals surface area contributed by atoms with Crippen LogP contribution in [0.4, 0.5) is 0 Å².